The normalized spacial score (nSPS) is 15.2. The lowest BCUT2D eigenvalue weighted by Gasteiger charge is -2.24. The van der Waals surface area contributed by atoms with E-state index in [1.165, 1.54) is 0 Å². The fourth-order valence-corrected chi connectivity index (χ4v) is 4.78. The van der Waals surface area contributed by atoms with Crippen LogP contribution < -0.4 is 0 Å². The number of halogens is 5. The van der Waals surface area contributed by atoms with E-state index >= 15 is 0 Å². The molecule has 0 amide bonds. The number of benzene rings is 2. The van der Waals surface area contributed by atoms with Gasteiger partial charge in [-0.2, -0.15) is 4.31 Å². The molecular weight excluding hydrogens is 413 g/mol. The first kappa shape index (κ1) is 21.7. The quantitative estimate of drug-likeness (QED) is 0.377. The molecule has 0 bridgehead atoms. The predicted octanol–water partition coefficient (Wildman–Crippen LogP) is 5.03. The zero-order valence-electron chi connectivity index (χ0n) is 16.1. The average molecular weight is 433 g/mol. The van der Waals surface area contributed by atoms with Crippen LogP contribution in [0, 0.1) is 29.1 Å². The molecule has 0 radical (unpaired) electrons. The molecule has 3 nitrogen and oxygen atoms in total. The van der Waals surface area contributed by atoms with Gasteiger partial charge in [-0.05, 0) is 29.4 Å². The third kappa shape index (κ3) is 4.02. The molecule has 2 aromatic carbocycles. The van der Waals surface area contributed by atoms with Gasteiger partial charge in [-0.3, -0.25) is 0 Å². The molecule has 0 saturated heterocycles. The van der Waals surface area contributed by atoms with Crippen molar-refractivity contribution in [1.29, 1.82) is 0 Å². The van der Waals surface area contributed by atoms with E-state index in [9.17, 15) is 30.4 Å². The third-order valence-corrected chi connectivity index (χ3v) is 6.77. The van der Waals surface area contributed by atoms with Gasteiger partial charge < -0.3 is 0 Å². The molecular formula is C20H20F5NO2S. The average Bonchev–Trinajstić information content (AvgIpc) is 3.47. The van der Waals surface area contributed by atoms with Crippen LogP contribution in [0.1, 0.15) is 44.7 Å². The summed E-state index contributed by atoms with van der Waals surface area (Å²) in [4.78, 5) is -1.81. The standard InChI is InChI=1S/C20H20F5NO2S/c1-20(2,3)12-6-4-11(5-7-12)10-26(13-8-9-13)29(27,28)19-17(24)15(22)14(21)16(23)18(19)25/h4-7,13H,8-10H2,1-3H3. The Hall–Kier alpha value is -2.00. The molecule has 2 aromatic rings. The summed E-state index contributed by atoms with van der Waals surface area (Å²) < 4.78 is 95.3. The summed E-state index contributed by atoms with van der Waals surface area (Å²) in [5.41, 5.74) is 1.41. The van der Waals surface area contributed by atoms with E-state index < -0.39 is 50.0 Å². The van der Waals surface area contributed by atoms with E-state index in [-0.39, 0.29) is 12.0 Å². The summed E-state index contributed by atoms with van der Waals surface area (Å²) >= 11 is 0. The summed E-state index contributed by atoms with van der Waals surface area (Å²) in [7, 11) is -4.96. The molecule has 1 aliphatic rings. The lowest BCUT2D eigenvalue weighted by Crippen LogP contribution is -2.34. The molecule has 0 heterocycles. The smallest absolute Gasteiger partial charge is 0.207 e. The van der Waals surface area contributed by atoms with Crippen LogP contribution in [0.15, 0.2) is 29.2 Å². The Labute approximate surface area is 166 Å². The molecule has 158 valence electrons. The van der Waals surface area contributed by atoms with Crippen LogP contribution >= 0.6 is 0 Å². The highest BCUT2D eigenvalue weighted by molar-refractivity contribution is 7.89. The molecule has 0 atom stereocenters. The van der Waals surface area contributed by atoms with Gasteiger partial charge in [0.1, 0.15) is 0 Å². The van der Waals surface area contributed by atoms with E-state index in [0.717, 1.165) is 9.87 Å². The van der Waals surface area contributed by atoms with Crippen molar-refractivity contribution in [3.05, 3.63) is 64.5 Å². The van der Waals surface area contributed by atoms with E-state index in [1.54, 1.807) is 12.1 Å². The molecule has 0 N–H and O–H groups in total. The SMILES string of the molecule is CC(C)(C)c1ccc(CN(C2CC2)S(=O)(=O)c2c(F)c(F)c(F)c(F)c2F)cc1. The Bertz CT molecular complexity index is 1010. The van der Waals surface area contributed by atoms with Crippen LogP contribution in [0.25, 0.3) is 0 Å². The van der Waals surface area contributed by atoms with Crippen molar-refractivity contribution in [2.75, 3.05) is 0 Å². The lowest BCUT2D eigenvalue weighted by molar-refractivity contribution is 0.346. The van der Waals surface area contributed by atoms with Crippen LogP contribution in [0.2, 0.25) is 0 Å². The summed E-state index contributed by atoms with van der Waals surface area (Å²) in [5, 5.41) is 0. The second-order valence-electron chi connectivity index (χ2n) is 8.13. The molecule has 9 heteroatoms. The fraction of sp³-hybridized carbons (Fsp3) is 0.400. The molecule has 3 rings (SSSR count). The Morgan fingerprint density at radius 3 is 1.72 bits per heavy atom. The molecule has 1 aliphatic carbocycles. The third-order valence-electron chi connectivity index (χ3n) is 4.85. The Morgan fingerprint density at radius 1 is 0.862 bits per heavy atom. The molecule has 29 heavy (non-hydrogen) atoms. The molecule has 0 aromatic heterocycles. The number of hydrogen-bond donors (Lipinski definition) is 0. The van der Waals surface area contributed by atoms with E-state index in [0.29, 0.717) is 18.4 Å². The van der Waals surface area contributed by atoms with E-state index in [2.05, 4.69) is 0 Å². The number of sulfonamides is 1. The van der Waals surface area contributed by atoms with Gasteiger partial charge in [0.15, 0.2) is 28.2 Å². The number of nitrogens with zero attached hydrogens (tertiary/aromatic N) is 1. The van der Waals surface area contributed by atoms with Gasteiger partial charge >= 0.3 is 0 Å². The molecule has 0 unspecified atom stereocenters. The second-order valence-corrected chi connectivity index (χ2v) is 9.95. The van der Waals surface area contributed by atoms with Gasteiger partial charge in [-0.25, -0.2) is 30.4 Å². The molecule has 0 spiro atoms. The van der Waals surface area contributed by atoms with Crippen molar-refractivity contribution in [3.63, 3.8) is 0 Å². The molecule has 1 saturated carbocycles. The van der Waals surface area contributed by atoms with Crippen LogP contribution in [-0.4, -0.2) is 18.8 Å². The van der Waals surface area contributed by atoms with Gasteiger partial charge in [0.2, 0.25) is 15.8 Å². The highest BCUT2D eigenvalue weighted by atomic mass is 32.2. The first-order valence-corrected chi connectivity index (χ1v) is 10.4. The number of hydrogen-bond acceptors (Lipinski definition) is 2. The maximum atomic E-state index is 14.1. The minimum absolute atomic E-state index is 0.129. The van der Waals surface area contributed by atoms with Crippen molar-refractivity contribution in [3.8, 4) is 0 Å². The first-order chi connectivity index (χ1) is 13.4. The lowest BCUT2D eigenvalue weighted by atomic mass is 9.87. The van der Waals surface area contributed by atoms with Gasteiger partial charge in [0, 0.05) is 12.6 Å². The highest BCUT2D eigenvalue weighted by Gasteiger charge is 2.43. The second kappa shape index (κ2) is 7.36. The Balaban J connectivity index is 2.02. The van der Waals surface area contributed by atoms with Crippen molar-refractivity contribution >= 4 is 10.0 Å². The van der Waals surface area contributed by atoms with Crippen LogP contribution in [0.4, 0.5) is 22.0 Å². The van der Waals surface area contributed by atoms with E-state index in [4.69, 9.17) is 0 Å². The molecule has 1 fully saturated rings. The summed E-state index contributed by atoms with van der Waals surface area (Å²) in [6, 6.07) is 6.43. The summed E-state index contributed by atoms with van der Waals surface area (Å²) in [5.74, 6) is -11.7. The zero-order chi connectivity index (χ0) is 21.7. The largest absolute Gasteiger partial charge is 0.249 e. The van der Waals surface area contributed by atoms with Crippen molar-refractivity contribution in [1.82, 2.24) is 4.31 Å². The molecule has 0 aliphatic heterocycles. The van der Waals surface area contributed by atoms with Crippen LogP contribution in [-0.2, 0) is 22.0 Å². The highest BCUT2D eigenvalue weighted by Crippen LogP contribution is 2.37. The van der Waals surface area contributed by atoms with Gasteiger partial charge in [0.05, 0.1) is 0 Å². The first-order valence-electron chi connectivity index (χ1n) is 8.98. The minimum Gasteiger partial charge on any atom is -0.207 e. The fourth-order valence-electron chi connectivity index (χ4n) is 2.99. The zero-order valence-corrected chi connectivity index (χ0v) is 16.9. The maximum absolute atomic E-state index is 14.1. The number of rotatable bonds is 5. The Morgan fingerprint density at radius 2 is 1.31 bits per heavy atom. The summed E-state index contributed by atoms with van der Waals surface area (Å²) in [6.45, 7) is 5.78. The van der Waals surface area contributed by atoms with Crippen LogP contribution in [0.3, 0.4) is 0 Å². The monoisotopic (exact) mass is 433 g/mol. The topological polar surface area (TPSA) is 37.4 Å². The van der Waals surface area contributed by atoms with Crippen molar-refractivity contribution < 1.29 is 30.4 Å². The Kier molecular flexibility index (Phi) is 5.51. The van der Waals surface area contributed by atoms with Gasteiger partial charge in [0.25, 0.3) is 0 Å². The van der Waals surface area contributed by atoms with Crippen LogP contribution in [0.5, 0.6) is 0 Å². The van der Waals surface area contributed by atoms with Gasteiger partial charge in [-0.1, -0.05) is 45.0 Å². The van der Waals surface area contributed by atoms with Gasteiger partial charge in [-0.15, -0.1) is 0 Å². The van der Waals surface area contributed by atoms with Crippen molar-refractivity contribution in [2.24, 2.45) is 0 Å². The van der Waals surface area contributed by atoms with E-state index in [1.807, 2.05) is 32.9 Å². The predicted molar refractivity (Wildman–Crippen MR) is 97.1 cm³/mol. The maximum Gasteiger partial charge on any atom is 0.249 e. The van der Waals surface area contributed by atoms with Crippen molar-refractivity contribution in [2.45, 2.75) is 56.5 Å². The summed E-state index contributed by atoms with van der Waals surface area (Å²) in [6.07, 6.45) is 0.878. The minimum atomic E-state index is -4.96.